The molecule has 0 radical (unpaired) electrons. The number of nitriles is 1. The van der Waals surface area contributed by atoms with Gasteiger partial charge in [-0.15, -0.1) is 0 Å². The summed E-state index contributed by atoms with van der Waals surface area (Å²) in [6, 6.07) is 13.9. The number of carbonyl (C=O) groups excluding carboxylic acids is 1. The van der Waals surface area contributed by atoms with Crippen LogP contribution >= 0.6 is 0 Å². The summed E-state index contributed by atoms with van der Waals surface area (Å²) >= 11 is 0. The molecule has 0 amide bonds. The van der Waals surface area contributed by atoms with Gasteiger partial charge in [0.05, 0.1) is 6.54 Å². The highest BCUT2D eigenvalue weighted by molar-refractivity contribution is 5.97. The van der Waals surface area contributed by atoms with Crippen molar-refractivity contribution < 1.29 is 4.79 Å². The zero-order chi connectivity index (χ0) is 22.1. The van der Waals surface area contributed by atoms with Crippen molar-refractivity contribution in [1.29, 1.82) is 5.26 Å². The summed E-state index contributed by atoms with van der Waals surface area (Å²) in [6.45, 7) is 4.65. The van der Waals surface area contributed by atoms with Crippen LogP contribution in [0.15, 0.2) is 46.0 Å². The molecule has 0 bridgehead atoms. The molecule has 0 atom stereocenters. The molecule has 158 valence electrons. The van der Waals surface area contributed by atoms with Crippen molar-refractivity contribution in [2.45, 2.75) is 52.7 Å². The van der Waals surface area contributed by atoms with E-state index < -0.39 is 11.2 Å². The highest BCUT2D eigenvalue weighted by atomic mass is 16.2. The van der Waals surface area contributed by atoms with E-state index in [1.807, 2.05) is 44.2 Å². The summed E-state index contributed by atoms with van der Waals surface area (Å²) in [7, 11) is 0. The molecule has 3 heterocycles. The fraction of sp³-hybridized carbons (Fsp3) is 0.333. The molecule has 1 aliphatic heterocycles. The van der Waals surface area contributed by atoms with Crippen molar-refractivity contribution in [3.8, 4) is 6.07 Å². The largest absolute Gasteiger partial charge is 0.348 e. The second kappa shape index (κ2) is 8.23. The monoisotopic (exact) mass is 416 g/mol. The van der Waals surface area contributed by atoms with Crippen molar-refractivity contribution in [3.63, 3.8) is 0 Å². The van der Waals surface area contributed by atoms with E-state index in [-0.39, 0.29) is 17.9 Å². The lowest BCUT2D eigenvalue weighted by molar-refractivity contribution is 0.0967. The van der Waals surface area contributed by atoms with Crippen molar-refractivity contribution in [2.24, 2.45) is 0 Å². The van der Waals surface area contributed by atoms with E-state index in [0.717, 1.165) is 28.9 Å². The van der Waals surface area contributed by atoms with Crippen LogP contribution in [0.2, 0.25) is 0 Å². The number of hydrogen-bond acceptors (Lipinski definition) is 4. The van der Waals surface area contributed by atoms with Gasteiger partial charge in [-0.25, -0.2) is 4.79 Å². The lowest BCUT2D eigenvalue weighted by Gasteiger charge is -2.11. The molecule has 1 aromatic carbocycles. The Hall–Kier alpha value is -3.66. The fourth-order valence-corrected chi connectivity index (χ4v) is 4.43. The highest BCUT2D eigenvalue weighted by Crippen LogP contribution is 2.18. The number of aryl methyl sites for hydroxylation is 2. The summed E-state index contributed by atoms with van der Waals surface area (Å²) in [5, 5.41) is 9.42. The van der Waals surface area contributed by atoms with Crippen molar-refractivity contribution >= 4 is 5.78 Å². The second-order valence-corrected chi connectivity index (χ2v) is 7.96. The molecule has 7 heteroatoms. The van der Waals surface area contributed by atoms with Crippen LogP contribution in [0.3, 0.4) is 0 Å². The van der Waals surface area contributed by atoms with Crippen LogP contribution in [0.4, 0.5) is 0 Å². The Morgan fingerprint density at radius 1 is 1.13 bits per heavy atom. The zero-order valence-electron chi connectivity index (χ0n) is 17.7. The fourth-order valence-electron chi connectivity index (χ4n) is 4.43. The van der Waals surface area contributed by atoms with Gasteiger partial charge in [-0.3, -0.25) is 18.7 Å². The smallest absolute Gasteiger partial charge is 0.331 e. The van der Waals surface area contributed by atoms with E-state index in [0.29, 0.717) is 30.6 Å². The van der Waals surface area contributed by atoms with Gasteiger partial charge in [-0.1, -0.05) is 30.3 Å². The average Bonchev–Trinajstić information content (AvgIpc) is 3.36. The molecule has 0 N–H and O–H groups in total. The van der Waals surface area contributed by atoms with Crippen LogP contribution < -0.4 is 11.2 Å². The van der Waals surface area contributed by atoms with Crippen molar-refractivity contribution in [2.75, 3.05) is 0 Å². The Bertz CT molecular complexity index is 1320. The van der Waals surface area contributed by atoms with Gasteiger partial charge in [-0.2, -0.15) is 5.26 Å². The molecule has 31 heavy (non-hydrogen) atoms. The SMILES string of the molecule is Cc1cc(C(=O)Cn2c(=O)c(C#N)c3n(c2=O)CCC3)c(C)n1CCc1ccccc1. The van der Waals surface area contributed by atoms with E-state index in [2.05, 4.69) is 16.7 Å². The number of Topliss-reactive ketones (excluding diaryl/α,β-unsaturated/α-hetero) is 1. The van der Waals surface area contributed by atoms with Crippen LogP contribution in [0.5, 0.6) is 0 Å². The number of benzene rings is 1. The predicted octanol–water partition coefficient (Wildman–Crippen LogP) is 2.37. The maximum absolute atomic E-state index is 13.1. The minimum absolute atomic E-state index is 0.0294. The highest BCUT2D eigenvalue weighted by Gasteiger charge is 2.24. The first-order chi connectivity index (χ1) is 14.9. The lowest BCUT2D eigenvalue weighted by atomic mass is 10.1. The number of ketones is 1. The van der Waals surface area contributed by atoms with Gasteiger partial charge < -0.3 is 4.57 Å². The van der Waals surface area contributed by atoms with Crippen LogP contribution in [0.1, 0.15) is 45.0 Å². The van der Waals surface area contributed by atoms with Crippen LogP contribution in [-0.2, 0) is 32.5 Å². The first-order valence-corrected chi connectivity index (χ1v) is 10.4. The molecule has 7 nitrogen and oxygen atoms in total. The first kappa shape index (κ1) is 20.6. The van der Waals surface area contributed by atoms with Gasteiger partial charge in [0.2, 0.25) is 0 Å². The topological polar surface area (TPSA) is 89.8 Å². The molecular formula is C24H24N4O3. The minimum atomic E-state index is -0.674. The maximum atomic E-state index is 13.1. The Kier molecular flexibility index (Phi) is 5.47. The van der Waals surface area contributed by atoms with Crippen molar-refractivity contribution in [1.82, 2.24) is 13.7 Å². The molecule has 2 aromatic heterocycles. The summed E-state index contributed by atoms with van der Waals surface area (Å²) in [5.41, 5.74) is 2.75. The van der Waals surface area contributed by atoms with Gasteiger partial charge in [0.25, 0.3) is 5.56 Å². The van der Waals surface area contributed by atoms with Crippen LogP contribution in [-0.4, -0.2) is 19.5 Å². The third-order valence-electron chi connectivity index (χ3n) is 6.09. The minimum Gasteiger partial charge on any atom is -0.348 e. The van der Waals surface area contributed by atoms with E-state index >= 15 is 0 Å². The number of fused-ring (bicyclic) bond motifs is 1. The van der Waals surface area contributed by atoms with Gasteiger partial charge >= 0.3 is 5.69 Å². The number of carbonyl (C=O) groups is 1. The lowest BCUT2D eigenvalue weighted by Crippen LogP contribution is -2.43. The molecular weight excluding hydrogens is 392 g/mol. The van der Waals surface area contributed by atoms with E-state index in [4.69, 9.17) is 0 Å². The molecule has 1 aliphatic rings. The van der Waals surface area contributed by atoms with E-state index in [1.165, 1.54) is 10.1 Å². The summed E-state index contributed by atoms with van der Waals surface area (Å²) in [5.74, 6) is -0.305. The van der Waals surface area contributed by atoms with E-state index in [1.54, 1.807) is 0 Å². The molecule has 0 fully saturated rings. The molecule has 0 saturated carbocycles. The Balaban J connectivity index is 1.63. The normalized spacial score (nSPS) is 12.5. The molecule has 4 rings (SSSR count). The molecule has 0 aliphatic carbocycles. The Morgan fingerprint density at radius 2 is 1.87 bits per heavy atom. The third kappa shape index (κ3) is 3.66. The maximum Gasteiger partial charge on any atom is 0.331 e. The second-order valence-electron chi connectivity index (χ2n) is 7.96. The zero-order valence-corrected chi connectivity index (χ0v) is 17.7. The number of aromatic nitrogens is 3. The molecule has 3 aromatic rings. The van der Waals surface area contributed by atoms with Gasteiger partial charge in [0.1, 0.15) is 11.6 Å². The van der Waals surface area contributed by atoms with Gasteiger partial charge in [0, 0.05) is 35.7 Å². The Labute approximate surface area is 179 Å². The van der Waals surface area contributed by atoms with E-state index in [9.17, 15) is 19.6 Å². The summed E-state index contributed by atoms with van der Waals surface area (Å²) in [6.07, 6.45) is 2.08. The van der Waals surface area contributed by atoms with Crippen LogP contribution in [0.25, 0.3) is 0 Å². The third-order valence-corrected chi connectivity index (χ3v) is 6.09. The quantitative estimate of drug-likeness (QED) is 0.577. The standard InChI is InChI=1S/C24H24N4O3/c1-16-13-19(17(2)26(16)12-10-18-7-4-3-5-8-18)22(29)15-28-23(30)20(14-25)21-9-6-11-27(21)24(28)31/h3-5,7-8,13H,6,9-12,15H2,1-2H3. The van der Waals surface area contributed by atoms with Gasteiger partial charge in [-0.05, 0) is 44.7 Å². The van der Waals surface area contributed by atoms with Gasteiger partial charge in [0.15, 0.2) is 5.78 Å². The predicted molar refractivity (Wildman–Crippen MR) is 116 cm³/mol. The van der Waals surface area contributed by atoms with Crippen molar-refractivity contribution in [3.05, 3.63) is 91.0 Å². The Morgan fingerprint density at radius 3 is 2.58 bits per heavy atom. The van der Waals surface area contributed by atoms with Crippen LogP contribution in [0, 0.1) is 25.2 Å². The first-order valence-electron chi connectivity index (χ1n) is 10.4. The number of nitrogens with zero attached hydrogens (tertiary/aromatic N) is 4. The summed E-state index contributed by atoms with van der Waals surface area (Å²) < 4.78 is 4.45. The molecule has 0 spiro atoms. The molecule has 0 unspecified atom stereocenters. The molecule has 0 saturated heterocycles. The number of rotatable bonds is 6. The number of hydrogen-bond donors (Lipinski definition) is 0. The average molecular weight is 416 g/mol. The summed E-state index contributed by atoms with van der Waals surface area (Å²) in [4.78, 5) is 38.6.